The molecule has 32 heavy (non-hydrogen) atoms. The summed E-state index contributed by atoms with van der Waals surface area (Å²) in [4.78, 5) is 13.6. The smallest absolute Gasteiger partial charge is 0.227 e. The van der Waals surface area contributed by atoms with Crippen molar-refractivity contribution in [1.82, 2.24) is 14.9 Å². The first kappa shape index (κ1) is 22.4. The first-order valence-corrected chi connectivity index (χ1v) is 11.4. The van der Waals surface area contributed by atoms with Gasteiger partial charge in [-0.15, -0.1) is 11.3 Å². The summed E-state index contributed by atoms with van der Waals surface area (Å²) in [6.07, 6.45) is 5.98. The molecular formula is C24H28N4O3S. The van der Waals surface area contributed by atoms with E-state index >= 15 is 0 Å². The van der Waals surface area contributed by atoms with Crippen LogP contribution < -0.4 is 10.1 Å². The molecule has 0 fully saturated rings. The normalized spacial score (nSPS) is 15.9. The molecule has 6 bridgehead atoms. The molecule has 4 rings (SSSR count). The second kappa shape index (κ2) is 11.2. The Morgan fingerprint density at radius 2 is 2.09 bits per heavy atom. The molecule has 1 aromatic carbocycles. The van der Waals surface area contributed by atoms with Crippen LogP contribution in [0, 0.1) is 0 Å². The zero-order valence-electron chi connectivity index (χ0n) is 18.4. The Morgan fingerprint density at radius 3 is 3.00 bits per heavy atom. The van der Waals surface area contributed by atoms with Crippen molar-refractivity contribution >= 4 is 23.0 Å². The van der Waals surface area contributed by atoms with Gasteiger partial charge in [0.15, 0.2) is 0 Å². The maximum Gasteiger partial charge on any atom is 0.227 e. The molecule has 8 heteroatoms. The topological polar surface area (TPSA) is 68.7 Å². The third-order valence-electron chi connectivity index (χ3n) is 4.91. The molecule has 0 saturated heterocycles. The molecule has 0 aliphatic carbocycles. The van der Waals surface area contributed by atoms with Gasteiger partial charge >= 0.3 is 0 Å². The average Bonchev–Trinajstić information content (AvgIpc) is 3.26. The summed E-state index contributed by atoms with van der Waals surface area (Å²) in [5.41, 5.74) is 2.89. The highest BCUT2D eigenvalue weighted by molar-refractivity contribution is 7.15. The number of aromatic nitrogens is 2. The summed E-state index contributed by atoms with van der Waals surface area (Å²) in [5.74, 6) is 1.41. The van der Waals surface area contributed by atoms with Gasteiger partial charge < -0.3 is 19.5 Å². The Hall–Kier alpha value is -2.78. The number of thiophene rings is 1. The molecule has 2 aromatic heterocycles. The number of nitrogens with zero attached hydrogens (tertiary/aromatic N) is 3. The van der Waals surface area contributed by atoms with Crippen LogP contribution in [0.25, 0.3) is 10.6 Å². The summed E-state index contributed by atoms with van der Waals surface area (Å²) in [6.45, 7) is 3.78. The van der Waals surface area contributed by atoms with Crippen LogP contribution in [0.1, 0.15) is 10.4 Å². The summed E-state index contributed by atoms with van der Waals surface area (Å²) < 4.78 is 16.9. The van der Waals surface area contributed by atoms with E-state index in [0.29, 0.717) is 32.4 Å². The van der Waals surface area contributed by atoms with Crippen LogP contribution >= 0.6 is 11.3 Å². The van der Waals surface area contributed by atoms with Crippen molar-refractivity contribution in [3.05, 3.63) is 65.2 Å². The summed E-state index contributed by atoms with van der Waals surface area (Å²) in [6, 6.07) is 12.2. The third kappa shape index (κ3) is 6.14. The van der Waals surface area contributed by atoms with Crippen molar-refractivity contribution < 1.29 is 14.2 Å². The zero-order valence-corrected chi connectivity index (χ0v) is 19.2. The SMILES string of the molecule is COCCOc1ccc2cc1CN(C)C/C=C/COCc1ccc(s1)-c1ccnc(n1)N2. The molecule has 7 nitrogen and oxygen atoms in total. The summed E-state index contributed by atoms with van der Waals surface area (Å²) >= 11 is 1.69. The Labute approximate surface area is 192 Å². The molecule has 1 aliphatic rings. The number of anilines is 2. The van der Waals surface area contributed by atoms with E-state index in [2.05, 4.69) is 52.6 Å². The minimum atomic E-state index is 0.505. The van der Waals surface area contributed by atoms with Crippen LogP contribution in [-0.2, 0) is 22.6 Å². The van der Waals surface area contributed by atoms with Crippen LogP contribution in [-0.4, -0.2) is 55.4 Å². The van der Waals surface area contributed by atoms with Crippen molar-refractivity contribution in [2.24, 2.45) is 0 Å². The number of rotatable bonds is 4. The average molecular weight is 453 g/mol. The van der Waals surface area contributed by atoms with E-state index in [-0.39, 0.29) is 0 Å². The lowest BCUT2D eigenvalue weighted by molar-refractivity contribution is 0.145. The summed E-state index contributed by atoms with van der Waals surface area (Å²) in [5, 5.41) is 3.34. The van der Waals surface area contributed by atoms with Crippen molar-refractivity contribution in [2.45, 2.75) is 13.2 Å². The van der Waals surface area contributed by atoms with Gasteiger partial charge in [0, 0.05) is 42.5 Å². The molecular weight excluding hydrogens is 424 g/mol. The predicted molar refractivity (Wildman–Crippen MR) is 128 cm³/mol. The molecule has 0 radical (unpaired) electrons. The highest BCUT2D eigenvalue weighted by Crippen LogP contribution is 2.29. The zero-order chi connectivity index (χ0) is 22.2. The quantitative estimate of drug-likeness (QED) is 0.462. The minimum absolute atomic E-state index is 0.505. The Kier molecular flexibility index (Phi) is 7.84. The number of methoxy groups -OCH3 is 1. The van der Waals surface area contributed by atoms with E-state index in [1.165, 1.54) is 4.88 Å². The highest BCUT2D eigenvalue weighted by atomic mass is 32.1. The molecule has 0 atom stereocenters. The number of ether oxygens (including phenoxy) is 3. The molecule has 3 heterocycles. The first-order valence-electron chi connectivity index (χ1n) is 10.6. The van der Waals surface area contributed by atoms with Crippen LogP contribution in [0.15, 0.2) is 54.7 Å². The van der Waals surface area contributed by atoms with E-state index < -0.39 is 0 Å². The number of hydrogen-bond donors (Lipinski definition) is 1. The van der Waals surface area contributed by atoms with Crippen molar-refractivity contribution in [3.8, 4) is 16.3 Å². The lowest BCUT2D eigenvalue weighted by Crippen LogP contribution is -2.19. The van der Waals surface area contributed by atoms with Gasteiger partial charge in [0.2, 0.25) is 5.95 Å². The van der Waals surface area contributed by atoms with Crippen LogP contribution in [0.2, 0.25) is 0 Å². The number of hydrogen-bond acceptors (Lipinski definition) is 8. The highest BCUT2D eigenvalue weighted by Gasteiger charge is 2.11. The monoisotopic (exact) mass is 452 g/mol. The molecule has 168 valence electrons. The Morgan fingerprint density at radius 1 is 1.16 bits per heavy atom. The van der Waals surface area contributed by atoms with E-state index in [1.807, 2.05) is 18.2 Å². The van der Waals surface area contributed by atoms with Gasteiger partial charge in [-0.05, 0) is 43.4 Å². The van der Waals surface area contributed by atoms with Crippen molar-refractivity contribution in [1.29, 1.82) is 0 Å². The lowest BCUT2D eigenvalue weighted by Gasteiger charge is -2.19. The van der Waals surface area contributed by atoms with Gasteiger partial charge in [-0.1, -0.05) is 12.2 Å². The fourth-order valence-electron chi connectivity index (χ4n) is 3.34. The lowest BCUT2D eigenvalue weighted by atomic mass is 10.1. The van der Waals surface area contributed by atoms with Gasteiger partial charge in [-0.3, -0.25) is 4.90 Å². The van der Waals surface area contributed by atoms with E-state index in [9.17, 15) is 0 Å². The third-order valence-corrected chi connectivity index (χ3v) is 5.99. The molecule has 0 amide bonds. The molecule has 0 unspecified atom stereocenters. The van der Waals surface area contributed by atoms with Crippen molar-refractivity contribution in [3.63, 3.8) is 0 Å². The minimum Gasteiger partial charge on any atom is -0.491 e. The van der Waals surface area contributed by atoms with Crippen LogP contribution in [0.5, 0.6) is 5.75 Å². The van der Waals surface area contributed by atoms with Crippen LogP contribution in [0.4, 0.5) is 11.6 Å². The van der Waals surface area contributed by atoms with Crippen molar-refractivity contribution in [2.75, 3.05) is 45.8 Å². The fourth-order valence-corrected chi connectivity index (χ4v) is 4.26. The molecule has 0 spiro atoms. The van der Waals surface area contributed by atoms with E-state index in [1.54, 1.807) is 24.6 Å². The Balaban J connectivity index is 1.64. The van der Waals surface area contributed by atoms with Crippen LogP contribution in [0.3, 0.4) is 0 Å². The standard InChI is InChI=1S/C24H28N4O3S/c1-28-11-3-4-12-30-17-20-6-8-23(32-20)21-9-10-25-24(27-21)26-19-5-7-22(18(15-19)16-28)31-14-13-29-2/h3-10,15H,11-14,16-17H2,1-2H3,(H,25,26,27)/b4-3+. The first-order chi connectivity index (χ1) is 15.7. The molecule has 0 saturated carbocycles. The van der Waals surface area contributed by atoms with Gasteiger partial charge in [0.25, 0.3) is 0 Å². The van der Waals surface area contributed by atoms with Gasteiger partial charge in [-0.2, -0.15) is 0 Å². The van der Waals surface area contributed by atoms with Gasteiger partial charge in [-0.25, -0.2) is 9.97 Å². The largest absolute Gasteiger partial charge is 0.491 e. The maximum absolute atomic E-state index is 5.95. The summed E-state index contributed by atoms with van der Waals surface area (Å²) in [7, 11) is 3.76. The number of fused-ring (bicyclic) bond motifs is 7. The maximum atomic E-state index is 5.95. The molecule has 3 aromatic rings. The molecule has 1 aliphatic heterocycles. The fraction of sp³-hybridized carbons (Fsp3) is 0.333. The number of nitrogens with one attached hydrogen (secondary N) is 1. The molecule has 1 N–H and O–H groups in total. The van der Waals surface area contributed by atoms with E-state index in [0.717, 1.165) is 40.7 Å². The second-order valence-electron chi connectivity index (χ2n) is 7.50. The van der Waals surface area contributed by atoms with Gasteiger partial charge in [0.1, 0.15) is 12.4 Å². The number of benzene rings is 1. The van der Waals surface area contributed by atoms with Gasteiger partial charge in [0.05, 0.1) is 30.4 Å². The number of likely N-dealkylation sites (N-methyl/N-ethyl adjacent to an activating group) is 1. The Bertz CT molecular complexity index is 1050. The predicted octanol–water partition coefficient (Wildman–Crippen LogP) is 4.49. The second-order valence-corrected chi connectivity index (χ2v) is 8.67. The van der Waals surface area contributed by atoms with E-state index in [4.69, 9.17) is 19.2 Å².